The zero-order chi connectivity index (χ0) is 18.1. The van der Waals surface area contributed by atoms with Crippen LogP contribution in [0.2, 0.25) is 0 Å². The molecule has 2 rings (SSSR count). The number of rotatable bonds is 14. The van der Waals surface area contributed by atoms with Crippen LogP contribution in [0.5, 0.6) is 0 Å². The van der Waals surface area contributed by atoms with Crippen molar-refractivity contribution in [3.8, 4) is 0 Å². The largest absolute Gasteiger partial charge is 0.481 e. The van der Waals surface area contributed by atoms with E-state index in [-0.39, 0.29) is 6.10 Å². The summed E-state index contributed by atoms with van der Waals surface area (Å²) in [5, 5.41) is 22.1. The fourth-order valence-electron chi connectivity index (χ4n) is 4.52. The number of hydrogen-bond donors (Lipinski definition) is 3. The van der Waals surface area contributed by atoms with Crippen molar-refractivity contribution in [2.24, 2.45) is 11.8 Å². The molecule has 0 aromatic carbocycles. The van der Waals surface area contributed by atoms with Crippen LogP contribution in [0.1, 0.15) is 77.6 Å². The summed E-state index contributed by atoms with van der Waals surface area (Å²) in [5.74, 6) is 0.531. The number of carboxylic acids is 1. The van der Waals surface area contributed by atoms with Gasteiger partial charge in [0.2, 0.25) is 0 Å². The molecule has 2 fully saturated rings. The predicted molar refractivity (Wildman–Crippen MR) is 98.6 cm³/mol. The molecule has 2 saturated heterocycles. The fraction of sp³-hybridized carbons (Fsp3) is 0.950. The van der Waals surface area contributed by atoms with Gasteiger partial charge in [0, 0.05) is 25.4 Å². The Balaban J connectivity index is 1.63. The molecule has 0 aromatic heterocycles. The minimum Gasteiger partial charge on any atom is -0.481 e. The Morgan fingerprint density at radius 3 is 2.56 bits per heavy atom. The lowest BCUT2D eigenvalue weighted by Gasteiger charge is -2.28. The van der Waals surface area contributed by atoms with E-state index in [1.54, 1.807) is 0 Å². The first-order chi connectivity index (χ1) is 12.1. The number of ether oxygens (including phenoxy) is 1. The quantitative estimate of drug-likeness (QED) is 0.417. The lowest BCUT2D eigenvalue weighted by molar-refractivity contribution is -0.137. The number of unbranched alkanes of at least 4 members (excludes halogenated alkanes) is 4. The van der Waals surface area contributed by atoms with Crippen molar-refractivity contribution in [1.82, 2.24) is 5.32 Å². The summed E-state index contributed by atoms with van der Waals surface area (Å²) >= 11 is 0. The van der Waals surface area contributed by atoms with E-state index in [0.717, 1.165) is 45.1 Å². The van der Waals surface area contributed by atoms with Gasteiger partial charge in [-0.2, -0.15) is 0 Å². The number of aliphatic hydroxyl groups excluding tert-OH is 1. The van der Waals surface area contributed by atoms with E-state index in [1.165, 1.54) is 25.7 Å². The summed E-state index contributed by atoms with van der Waals surface area (Å²) in [6, 6.07) is 0. The van der Waals surface area contributed by atoms with E-state index < -0.39 is 5.97 Å². The van der Waals surface area contributed by atoms with Crippen molar-refractivity contribution in [2.75, 3.05) is 13.1 Å². The van der Waals surface area contributed by atoms with Gasteiger partial charge in [-0.3, -0.25) is 4.79 Å². The first kappa shape index (κ1) is 20.7. The van der Waals surface area contributed by atoms with Crippen LogP contribution in [0.3, 0.4) is 0 Å². The van der Waals surface area contributed by atoms with E-state index >= 15 is 0 Å². The Labute approximate surface area is 152 Å². The topological polar surface area (TPSA) is 78.8 Å². The summed E-state index contributed by atoms with van der Waals surface area (Å²) in [5.41, 5.74) is 0. The van der Waals surface area contributed by atoms with Crippen LogP contribution in [0.4, 0.5) is 0 Å². The number of aliphatic carboxylic acids is 1. The lowest BCUT2D eigenvalue weighted by atomic mass is 9.76. The number of hydrogen-bond acceptors (Lipinski definition) is 4. The van der Waals surface area contributed by atoms with Gasteiger partial charge in [-0.25, -0.2) is 0 Å². The molecule has 2 aliphatic rings. The Bertz CT molecular complexity index is 390. The van der Waals surface area contributed by atoms with Crippen molar-refractivity contribution in [3.63, 3.8) is 0 Å². The molecule has 0 spiro atoms. The maximum Gasteiger partial charge on any atom is 0.303 e. The molecule has 5 nitrogen and oxygen atoms in total. The Morgan fingerprint density at radius 1 is 1.12 bits per heavy atom. The highest BCUT2D eigenvalue weighted by Gasteiger charge is 2.47. The van der Waals surface area contributed by atoms with Gasteiger partial charge in [0.1, 0.15) is 0 Å². The highest BCUT2D eigenvalue weighted by atomic mass is 16.5. The van der Waals surface area contributed by atoms with Crippen LogP contribution < -0.4 is 5.32 Å². The van der Waals surface area contributed by atoms with Gasteiger partial charge < -0.3 is 20.3 Å². The van der Waals surface area contributed by atoms with Crippen LogP contribution in [-0.2, 0) is 9.53 Å². The van der Waals surface area contributed by atoms with E-state index in [2.05, 4.69) is 12.2 Å². The van der Waals surface area contributed by atoms with Crippen molar-refractivity contribution in [3.05, 3.63) is 0 Å². The second-order valence-electron chi connectivity index (χ2n) is 7.92. The summed E-state index contributed by atoms with van der Waals surface area (Å²) in [4.78, 5) is 10.5. The summed E-state index contributed by atoms with van der Waals surface area (Å²) in [7, 11) is 0. The Hall–Kier alpha value is -0.650. The van der Waals surface area contributed by atoms with Gasteiger partial charge in [-0.15, -0.1) is 0 Å². The summed E-state index contributed by atoms with van der Waals surface area (Å²) < 4.78 is 6.15. The minimum absolute atomic E-state index is 0.229. The van der Waals surface area contributed by atoms with Crippen LogP contribution in [0.15, 0.2) is 0 Å². The van der Waals surface area contributed by atoms with E-state index in [9.17, 15) is 9.90 Å². The van der Waals surface area contributed by atoms with Gasteiger partial charge in [0.15, 0.2) is 0 Å². The maximum atomic E-state index is 10.5. The molecule has 5 atom stereocenters. The number of fused-ring (bicyclic) bond motifs is 2. The van der Waals surface area contributed by atoms with Crippen LogP contribution in [0, 0.1) is 11.8 Å². The van der Waals surface area contributed by atoms with Gasteiger partial charge in [0.25, 0.3) is 0 Å². The predicted octanol–water partition coefficient (Wildman–Crippen LogP) is 3.35. The molecule has 0 radical (unpaired) electrons. The second kappa shape index (κ2) is 11.1. The monoisotopic (exact) mass is 355 g/mol. The molecule has 0 amide bonds. The van der Waals surface area contributed by atoms with Gasteiger partial charge in [-0.05, 0) is 38.0 Å². The van der Waals surface area contributed by atoms with Crippen LogP contribution in [0.25, 0.3) is 0 Å². The maximum absolute atomic E-state index is 10.5. The van der Waals surface area contributed by atoms with Gasteiger partial charge in [-0.1, -0.05) is 39.0 Å². The number of carbonyl (C=O) groups is 1. The van der Waals surface area contributed by atoms with Crippen LogP contribution in [-0.4, -0.2) is 47.6 Å². The third-order valence-corrected chi connectivity index (χ3v) is 5.92. The molecule has 0 aromatic rings. The molecular formula is C20H37NO4. The minimum atomic E-state index is -0.686. The molecule has 2 bridgehead atoms. The Kier molecular flexibility index (Phi) is 9.21. The van der Waals surface area contributed by atoms with E-state index in [4.69, 9.17) is 9.84 Å². The third-order valence-electron chi connectivity index (χ3n) is 5.92. The molecule has 0 aliphatic carbocycles. The Morgan fingerprint density at radius 2 is 1.84 bits per heavy atom. The van der Waals surface area contributed by atoms with E-state index in [1.807, 2.05) is 0 Å². The third kappa shape index (κ3) is 6.87. The standard InChI is InChI=1S/C20H37NO4/c1-2-3-8-15(22)13-21-14-17-16(18-11-12-19(17)25-18)9-6-4-5-7-10-20(23)24/h15-19,21-22H,2-14H2,1H3,(H,23,24)/t15?,16-,17-,18+,19-/m1/s1. The molecule has 5 heteroatoms. The smallest absolute Gasteiger partial charge is 0.303 e. The zero-order valence-electron chi connectivity index (χ0n) is 15.8. The van der Waals surface area contributed by atoms with E-state index in [0.29, 0.717) is 37.0 Å². The van der Waals surface area contributed by atoms with Gasteiger partial charge >= 0.3 is 5.97 Å². The summed E-state index contributed by atoms with van der Waals surface area (Å²) in [6.45, 7) is 3.79. The summed E-state index contributed by atoms with van der Waals surface area (Å²) in [6.07, 6.45) is 11.7. The molecule has 146 valence electrons. The normalized spacial score (nSPS) is 29.2. The molecular weight excluding hydrogens is 318 g/mol. The first-order valence-electron chi connectivity index (χ1n) is 10.4. The van der Waals surface area contributed by atoms with Crippen molar-refractivity contribution in [1.29, 1.82) is 0 Å². The zero-order valence-corrected chi connectivity index (χ0v) is 15.8. The molecule has 2 heterocycles. The molecule has 25 heavy (non-hydrogen) atoms. The van der Waals surface area contributed by atoms with Crippen molar-refractivity contribution < 1.29 is 19.7 Å². The van der Waals surface area contributed by atoms with Crippen molar-refractivity contribution in [2.45, 2.75) is 95.9 Å². The van der Waals surface area contributed by atoms with Gasteiger partial charge in [0.05, 0.1) is 18.3 Å². The lowest BCUT2D eigenvalue weighted by Crippen LogP contribution is -2.38. The van der Waals surface area contributed by atoms with Crippen LogP contribution >= 0.6 is 0 Å². The second-order valence-corrected chi connectivity index (χ2v) is 7.92. The SMILES string of the molecule is CCCCC(O)CNC[C@@H]1[C@@H](CCCCCCC(=O)O)[C@@H]2CC[C@H]1O2. The average Bonchev–Trinajstić information content (AvgIpc) is 3.18. The first-order valence-corrected chi connectivity index (χ1v) is 10.4. The number of carboxylic acid groups (broad SMARTS) is 1. The highest BCUT2D eigenvalue weighted by molar-refractivity contribution is 5.66. The molecule has 0 saturated carbocycles. The average molecular weight is 356 g/mol. The fourth-order valence-corrected chi connectivity index (χ4v) is 4.52. The number of nitrogens with one attached hydrogen (secondary N) is 1. The highest BCUT2D eigenvalue weighted by Crippen LogP contribution is 2.45. The number of aliphatic hydroxyl groups is 1. The van der Waals surface area contributed by atoms with Crippen molar-refractivity contribution >= 4 is 5.97 Å². The molecule has 3 N–H and O–H groups in total. The molecule has 1 unspecified atom stereocenters. The molecule has 2 aliphatic heterocycles.